The lowest BCUT2D eigenvalue weighted by molar-refractivity contribution is 0.570. The molecule has 0 radical (unpaired) electrons. The molecular weight excluding hydrogens is 294 g/mol. The lowest BCUT2D eigenvalue weighted by Gasteiger charge is -1.99. The monoisotopic (exact) mass is 300 g/mol. The zero-order valence-electron chi connectivity index (χ0n) is 6.21. The highest BCUT2D eigenvalue weighted by Crippen LogP contribution is 2.16. The lowest BCUT2D eigenvalue weighted by Crippen LogP contribution is -2.00. The fraction of sp³-hybridized carbons (Fsp3) is 0.143. The van der Waals surface area contributed by atoms with Gasteiger partial charge in [0.15, 0.2) is 9.84 Å². The molecule has 1 aromatic carbocycles. The van der Waals surface area contributed by atoms with Gasteiger partial charge in [0.25, 0.3) is 0 Å². The second kappa shape index (κ2) is 3.29. The van der Waals surface area contributed by atoms with Crippen molar-refractivity contribution in [1.29, 1.82) is 0 Å². The Morgan fingerprint density at radius 2 is 2.00 bits per heavy atom. The van der Waals surface area contributed by atoms with E-state index in [9.17, 15) is 12.8 Å². The van der Waals surface area contributed by atoms with Crippen molar-refractivity contribution >= 4 is 32.4 Å². The van der Waals surface area contributed by atoms with Gasteiger partial charge >= 0.3 is 0 Å². The Hall–Kier alpha value is -0.170. The summed E-state index contributed by atoms with van der Waals surface area (Å²) in [6, 6.07) is 4.02. The van der Waals surface area contributed by atoms with Crippen molar-refractivity contribution in [3.05, 3.63) is 27.6 Å². The van der Waals surface area contributed by atoms with Crippen molar-refractivity contribution in [3.63, 3.8) is 0 Å². The molecule has 2 nitrogen and oxygen atoms in total. The van der Waals surface area contributed by atoms with Crippen LogP contribution in [0.15, 0.2) is 23.1 Å². The Kier molecular flexibility index (Phi) is 2.72. The second-order valence-electron chi connectivity index (χ2n) is 2.35. The van der Waals surface area contributed by atoms with E-state index >= 15 is 0 Å². The minimum atomic E-state index is -3.43. The fourth-order valence-corrected chi connectivity index (χ4v) is 1.96. The van der Waals surface area contributed by atoms with Crippen LogP contribution in [0.2, 0.25) is 0 Å². The number of rotatable bonds is 1. The SMILES string of the molecule is CS(=O)(=O)c1ccc(I)cc1F. The van der Waals surface area contributed by atoms with E-state index in [0.29, 0.717) is 3.57 Å². The lowest BCUT2D eigenvalue weighted by atomic mass is 10.3. The molecule has 0 unspecified atom stereocenters. The van der Waals surface area contributed by atoms with E-state index in [1.807, 2.05) is 22.6 Å². The minimum Gasteiger partial charge on any atom is -0.224 e. The Morgan fingerprint density at radius 1 is 1.42 bits per heavy atom. The van der Waals surface area contributed by atoms with E-state index < -0.39 is 15.7 Å². The van der Waals surface area contributed by atoms with Gasteiger partial charge in [0.1, 0.15) is 10.7 Å². The van der Waals surface area contributed by atoms with Crippen molar-refractivity contribution < 1.29 is 12.8 Å². The van der Waals surface area contributed by atoms with Gasteiger partial charge in [0, 0.05) is 9.83 Å². The molecule has 0 aliphatic heterocycles. The van der Waals surface area contributed by atoms with Crippen LogP contribution < -0.4 is 0 Å². The number of benzene rings is 1. The van der Waals surface area contributed by atoms with Gasteiger partial charge in [0.05, 0.1) is 0 Å². The van der Waals surface area contributed by atoms with Crippen LogP contribution in [-0.2, 0) is 9.84 Å². The molecule has 0 heterocycles. The first-order chi connectivity index (χ1) is 5.41. The molecule has 0 aliphatic carbocycles. The molecule has 5 heteroatoms. The first-order valence-electron chi connectivity index (χ1n) is 3.06. The van der Waals surface area contributed by atoms with Crippen LogP contribution in [0.25, 0.3) is 0 Å². The van der Waals surface area contributed by atoms with Gasteiger partial charge in [-0.05, 0) is 40.8 Å². The predicted molar refractivity (Wildman–Crippen MR) is 52.2 cm³/mol. The van der Waals surface area contributed by atoms with E-state index in [0.717, 1.165) is 6.26 Å². The van der Waals surface area contributed by atoms with Gasteiger partial charge in [-0.1, -0.05) is 0 Å². The minimum absolute atomic E-state index is 0.247. The summed E-state index contributed by atoms with van der Waals surface area (Å²) in [5.41, 5.74) is 0. The molecule has 0 saturated carbocycles. The maximum atomic E-state index is 13.0. The van der Waals surface area contributed by atoms with Crippen molar-refractivity contribution in [3.8, 4) is 0 Å². The third kappa shape index (κ3) is 2.16. The quantitative estimate of drug-likeness (QED) is 0.742. The van der Waals surface area contributed by atoms with Gasteiger partial charge in [0.2, 0.25) is 0 Å². The summed E-state index contributed by atoms with van der Waals surface area (Å²) in [7, 11) is -3.43. The highest BCUT2D eigenvalue weighted by molar-refractivity contribution is 14.1. The summed E-state index contributed by atoms with van der Waals surface area (Å²) < 4.78 is 35.5. The average molecular weight is 300 g/mol. The number of halogens is 2. The molecule has 0 amide bonds. The molecule has 0 atom stereocenters. The van der Waals surface area contributed by atoms with Gasteiger partial charge in [-0.3, -0.25) is 0 Å². The van der Waals surface area contributed by atoms with Crippen molar-refractivity contribution in [2.75, 3.05) is 6.26 Å². The molecule has 0 aromatic heterocycles. The Labute approximate surface area is 83.8 Å². The van der Waals surface area contributed by atoms with Crippen molar-refractivity contribution in [1.82, 2.24) is 0 Å². The standard InChI is InChI=1S/C7H6FIO2S/c1-12(10,11)7-3-2-5(9)4-6(7)8/h2-4H,1H3. The van der Waals surface area contributed by atoms with Crippen LogP contribution in [0.4, 0.5) is 4.39 Å². The molecule has 0 aliphatic rings. The normalized spacial score (nSPS) is 11.6. The molecule has 0 bridgehead atoms. The summed E-state index contributed by atoms with van der Waals surface area (Å²) >= 11 is 1.92. The molecule has 66 valence electrons. The van der Waals surface area contributed by atoms with E-state index in [1.54, 1.807) is 6.07 Å². The fourth-order valence-electron chi connectivity index (χ4n) is 0.776. The Morgan fingerprint density at radius 3 is 2.42 bits per heavy atom. The molecule has 0 spiro atoms. The van der Waals surface area contributed by atoms with Crippen LogP contribution in [0.1, 0.15) is 0 Å². The Balaban J connectivity index is 3.39. The zero-order valence-corrected chi connectivity index (χ0v) is 9.19. The molecule has 12 heavy (non-hydrogen) atoms. The molecular formula is C7H6FIO2S. The highest BCUT2D eigenvalue weighted by Gasteiger charge is 2.12. The van der Waals surface area contributed by atoms with Crippen LogP contribution in [0, 0.1) is 9.39 Å². The maximum Gasteiger partial charge on any atom is 0.178 e. The Bertz CT molecular complexity index is 400. The average Bonchev–Trinajstić information content (AvgIpc) is 1.83. The van der Waals surface area contributed by atoms with Crippen LogP contribution in [0.3, 0.4) is 0 Å². The third-order valence-electron chi connectivity index (χ3n) is 1.29. The maximum absolute atomic E-state index is 13.0. The van der Waals surface area contributed by atoms with Crippen molar-refractivity contribution in [2.45, 2.75) is 4.90 Å². The van der Waals surface area contributed by atoms with Gasteiger partial charge < -0.3 is 0 Å². The van der Waals surface area contributed by atoms with Crippen molar-refractivity contribution in [2.24, 2.45) is 0 Å². The predicted octanol–water partition coefficient (Wildman–Crippen LogP) is 1.83. The number of sulfone groups is 1. The zero-order chi connectivity index (χ0) is 9.35. The first kappa shape index (κ1) is 9.91. The van der Waals surface area contributed by atoms with Crippen LogP contribution in [0.5, 0.6) is 0 Å². The summed E-state index contributed by atoms with van der Waals surface area (Å²) in [6.45, 7) is 0. The highest BCUT2D eigenvalue weighted by atomic mass is 127. The topological polar surface area (TPSA) is 34.1 Å². The first-order valence-corrected chi connectivity index (χ1v) is 6.03. The largest absolute Gasteiger partial charge is 0.224 e. The van der Waals surface area contributed by atoms with E-state index in [2.05, 4.69) is 0 Å². The number of hydrogen-bond acceptors (Lipinski definition) is 2. The summed E-state index contributed by atoms with van der Waals surface area (Å²) in [4.78, 5) is -0.247. The summed E-state index contributed by atoms with van der Waals surface area (Å²) in [5.74, 6) is -0.690. The smallest absolute Gasteiger partial charge is 0.178 e. The molecule has 0 N–H and O–H groups in total. The van der Waals surface area contributed by atoms with E-state index in [4.69, 9.17) is 0 Å². The van der Waals surface area contributed by atoms with Crippen LogP contribution in [-0.4, -0.2) is 14.7 Å². The molecule has 1 rings (SSSR count). The summed E-state index contributed by atoms with van der Waals surface area (Å²) in [6.07, 6.45) is 0.984. The molecule has 1 aromatic rings. The van der Waals surface area contributed by atoms with Crippen LogP contribution >= 0.6 is 22.6 Å². The van der Waals surface area contributed by atoms with E-state index in [-0.39, 0.29) is 4.90 Å². The third-order valence-corrected chi connectivity index (χ3v) is 3.09. The number of hydrogen-bond donors (Lipinski definition) is 0. The summed E-state index contributed by atoms with van der Waals surface area (Å²) in [5, 5.41) is 0. The van der Waals surface area contributed by atoms with Gasteiger partial charge in [-0.25, -0.2) is 12.8 Å². The molecule has 0 fully saturated rings. The van der Waals surface area contributed by atoms with Gasteiger partial charge in [-0.15, -0.1) is 0 Å². The van der Waals surface area contributed by atoms with Gasteiger partial charge in [-0.2, -0.15) is 0 Å². The second-order valence-corrected chi connectivity index (χ2v) is 5.58. The molecule has 0 saturated heterocycles. The van der Waals surface area contributed by atoms with E-state index in [1.165, 1.54) is 12.1 Å².